The standard InChI is InChI=1S/C15H22N2O4/c1-10(2)8-16(9-11(3)4)14-7-12(15(18)19)5-6-13(14)17(20)21/h5-7,10-11H,8-9H2,1-4H3,(H,18,19). The van der Waals surface area contributed by atoms with Crippen LogP contribution in [0.15, 0.2) is 18.2 Å². The molecule has 0 spiro atoms. The Bertz CT molecular complexity index is 516. The second kappa shape index (κ2) is 7.06. The Morgan fingerprint density at radius 2 is 1.76 bits per heavy atom. The molecule has 1 aromatic carbocycles. The molecule has 0 amide bonds. The van der Waals surface area contributed by atoms with Gasteiger partial charge in [0, 0.05) is 19.2 Å². The quantitative estimate of drug-likeness (QED) is 0.615. The minimum atomic E-state index is -1.08. The van der Waals surface area contributed by atoms with Gasteiger partial charge in [0.15, 0.2) is 0 Å². The highest BCUT2D eigenvalue weighted by molar-refractivity contribution is 5.90. The lowest BCUT2D eigenvalue weighted by Gasteiger charge is -2.28. The fraction of sp³-hybridized carbons (Fsp3) is 0.533. The van der Waals surface area contributed by atoms with Crippen molar-refractivity contribution >= 4 is 17.3 Å². The fourth-order valence-corrected chi connectivity index (χ4v) is 2.22. The lowest BCUT2D eigenvalue weighted by molar-refractivity contribution is -0.384. The Morgan fingerprint density at radius 1 is 1.24 bits per heavy atom. The molecule has 0 aliphatic rings. The van der Waals surface area contributed by atoms with Gasteiger partial charge in [0.2, 0.25) is 0 Å². The maximum absolute atomic E-state index is 11.2. The number of nitrogens with zero attached hydrogens (tertiary/aromatic N) is 2. The molecule has 0 saturated carbocycles. The number of carboxylic acids is 1. The van der Waals surface area contributed by atoms with Crippen LogP contribution < -0.4 is 4.90 Å². The zero-order chi connectivity index (χ0) is 16.2. The Balaban J connectivity index is 3.33. The van der Waals surface area contributed by atoms with E-state index >= 15 is 0 Å². The average Bonchev–Trinajstić information content (AvgIpc) is 2.35. The molecule has 0 heterocycles. The van der Waals surface area contributed by atoms with Crippen LogP contribution in [0, 0.1) is 22.0 Å². The first-order chi connectivity index (χ1) is 9.72. The highest BCUT2D eigenvalue weighted by atomic mass is 16.6. The number of hydrogen-bond donors (Lipinski definition) is 1. The summed E-state index contributed by atoms with van der Waals surface area (Å²) in [6.45, 7) is 9.39. The number of nitro groups is 1. The third-order valence-electron chi connectivity index (χ3n) is 2.93. The zero-order valence-electron chi connectivity index (χ0n) is 12.9. The van der Waals surface area contributed by atoms with Crippen LogP contribution in [0.5, 0.6) is 0 Å². The fourth-order valence-electron chi connectivity index (χ4n) is 2.22. The van der Waals surface area contributed by atoms with Crippen LogP contribution in [0.25, 0.3) is 0 Å². The molecule has 1 rings (SSSR count). The molecule has 6 nitrogen and oxygen atoms in total. The maximum Gasteiger partial charge on any atom is 0.335 e. The molecule has 1 N–H and O–H groups in total. The van der Waals surface area contributed by atoms with Crippen molar-refractivity contribution in [2.24, 2.45) is 11.8 Å². The molecule has 21 heavy (non-hydrogen) atoms. The summed E-state index contributed by atoms with van der Waals surface area (Å²) < 4.78 is 0. The molecular formula is C15H22N2O4. The zero-order valence-corrected chi connectivity index (χ0v) is 12.9. The van der Waals surface area contributed by atoms with Crippen molar-refractivity contribution in [3.8, 4) is 0 Å². The minimum Gasteiger partial charge on any atom is -0.478 e. The van der Waals surface area contributed by atoms with E-state index in [0.717, 1.165) is 0 Å². The van der Waals surface area contributed by atoms with E-state index in [1.54, 1.807) is 0 Å². The van der Waals surface area contributed by atoms with Crippen LogP contribution in [0.3, 0.4) is 0 Å². The number of hydrogen-bond acceptors (Lipinski definition) is 4. The van der Waals surface area contributed by atoms with Gasteiger partial charge in [0.1, 0.15) is 5.69 Å². The van der Waals surface area contributed by atoms with E-state index < -0.39 is 10.9 Å². The number of nitro benzene ring substituents is 1. The normalized spacial score (nSPS) is 11.0. The predicted octanol–water partition coefficient (Wildman–Crippen LogP) is 3.41. The maximum atomic E-state index is 11.2. The molecule has 0 atom stereocenters. The van der Waals surface area contributed by atoms with Crippen LogP contribution in [-0.4, -0.2) is 29.1 Å². The first-order valence-corrected chi connectivity index (χ1v) is 6.99. The summed E-state index contributed by atoms with van der Waals surface area (Å²) in [6, 6.07) is 3.94. The SMILES string of the molecule is CC(C)CN(CC(C)C)c1cc(C(=O)O)ccc1[N+](=O)[O-]. The van der Waals surface area contributed by atoms with E-state index in [1.807, 2.05) is 32.6 Å². The van der Waals surface area contributed by atoms with Gasteiger partial charge in [-0.05, 0) is 24.0 Å². The Labute approximate surface area is 124 Å². The van der Waals surface area contributed by atoms with Crippen molar-refractivity contribution in [2.45, 2.75) is 27.7 Å². The van der Waals surface area contributed by atoms with Gasteiger partial charge < -0.3 is 10.0 Å². The van der Waals surface area contributed by atoms with Crippen molar-refractivity contribution in [3.63, 3.8) is 0 Å². The summed E-state index contributed by atoms with van der Waals surface area (Å²) in [7, 11) is 0. The Kier molecular flexibility index (Phi) is 5.69. The Morgan fingerprint density at radius 3 is 2.14 bits per heavy atom. The van der Waals surface area contributed by atoms with E-state index in [1.165, 1.54) is 18.2 Å². The first kappa shape index (κ1) is 16.9. The van der Waals surface area contributed by atoms with Crippen LogP contribution in [-0.2, 0) is 0 Å². The Hall–Kier alpha value is -2.11. The predicted molar refractivity (Wildman–Crippen MR) is 81.9 cm³/mol. The molecule has 0 bridgehead atoms. The summed E-state index contributed by atoms with van der Waals surface area (Å²) in [4.78, 5) is 23.8. The van der Waals surface area contributed by atoms with Gasteiger partial charge in [0.05, 0.1) is 10.5 Å². The third kappa shape index (κ3) is 4.73. The minimum absolute atomic E-state index is 0.0544. The van der Waals surface area contributed by atoms with Crippen molar-refractivity contribution in [1.29, 1.82) is 0 Å². The van der Waals surface area contributed by atoms with Crippen LogP contribution in [0.2, 0.25) is 0 Å². The van der Waals surface area contributed by atoms with Gasteiger partial charge in [-0.15, -0.1) is 0 Å². The van der Waals surface area contributed by atoms with Crippen LogP contribution >= 0.6 is 0 Å². The molecule has 6 heteroatoms. The molecule has 0 radical (unpaired) electrons. The van der Waals surface area contributed by atoms with E-state index in [2.05, 4.69) is 0 Å². The molecule has 0 fully saturated rings. The molecule has 0 aromatic heterocycles. The average molecular weight is 294 g/mol. The first-order valence-electron chi connectivity index (χ1n) is 6.99. The van der Waals surface area contributed by atoms with Gasteiger partial charge in [-0.25, -0.2) is 4.79 Å². The summed E-state index contributed by atoms with van der Waals surface area (Å²) in [5, 5.41) is 20.3. The number of carboxylic acid groups (broad SMARTS) is 1. The largest absolute Gasteiger partial charge is 0.478 e. The number of anilines is 1. The van der Waals surface area contributed by atoms with Gasteiger partial charge >= 0.3 is 5.97 Å². The van der Waals surface area contributed by atoms with Crippen molar-refractivity contribution in [1.82, 2.24) is 0 Å². The van der Waals surface area contributed by atoms with E-state index in [4.69, 9.17) is 5.11 Å². The molecule has 0 aliphatic carbocycles. The van der Waals surface area contributed by atoms with Gasteiger partial charge in [-0.2, -0.15) is 0 Å². The van der Waals surface area contributed by atoms with Crippen molar-refractivity contribution in [2.75, 3.05) is 18.0 Å². The number of aromatic carboxylic acids is 1. The highest BCUT2D eigenvalue weighted by Gasteiger charge is 2.22. The summed E-state index contributed by atoms with van der Waals surface area (Å²) in [5.41, 5.74) is 0.386. The lowest BCUT2D eigenvalue weighted by atomic mass is 10.1. The van der Waals surface area contributed by atoms with Gasteiger partial charge in [0.25, 0.3) is 5.69 Å². The smallest absolute Gasteiger partial charge is 0.335 e. The van der Waals surface area contributed by atoms with Gasteiger partial charge in [-0.3, -0.25) is 10.1 Å². The van der Waals surface area contributed by atoms with Crippen molar-refractivity contribution in [3.05, 3.63) is 33.9 Å². The number of benzene rings is 1. The summed E-state index contributed by atoms with van der Waals surface area (Å²) in [5.74, 6) is -0.450. The molecule has 0 saturated heterocycles. The monoisotopic (exact) mass is 294 g/mol. The van der Waals surface area contributed by atoms with E-state index in [-0.39, 0.29) is 11.3 Å². The second-order valence-corrected chi connectivity index (χ2v) is 5.96. The van der Waals surface area contributed by atoms with Gasteiger partial charge in [-0.1, -0.05) is 27.7 Å². The number of rotatable bonds is 7. The lowest BCUT2D eigenvalue weighted by Crippen LogP contribution is -2.32. The van der Waals surface area contributed by atoms with E-state index in [0.29, 0.717) is 30.6 Å². The highest BCUT2D eigenvalue weighted by Crippen LogP contribution is 2.30. The summed E-state index contributed by atoms with van der Waals surface area (Å²) >= 11 is 0. The van der Waals surface area contributed by atoms with Crippen molar-refractivity contribution < 1.29 is 14.8 Å². The molecular weight excluding hydrogens is 272 g/mol. The second-order valence-electron chi connectivity index (χ2n) is 5.96. The van der Waals surface area contributed by atoms with E-state index in [9.17, 15) is 14.9 Å². The number of carbonyl (C=O) groups is 1. The third-order valence-corrected chi connectivity index (χ3v) is 2.93. The molecule has 1 aromatic rings. The topological polar surface area (TPSA) is 83.7 Å². The van der Waals surface area contributed by atoms with Crippen LogP contribution in [0.1, 0.15) is 38.1 Å². The van der Waals surface area contributed by atoms with Crippen LogP contribution in [0.4, 0.5) is 11.4 Å². The molecule has 116 valence electrons. The summed E-state index contributed by atoms with van der Waals surface area (Å²) in [6.07, 6.45) is 0. The molecule has 0 unspecified atom stereocenters. The molecule has 0 aliphatic heterocycles.